The zero-order valence-electron chi connectivity index (χ0n) is 17.4. The van der Waals surface area contributed by atoms with E-state index in [0.29, 0.717) is 13.0 Å². The maximum atomic E-state index is 13.6. The monoisotopic (exact) mass is 455 g/mol. The van der Waals surface area contributed by atoms with E-state index in [1.807, 2.05) is 0 Å². The minimum Gasteiger partial charge on any atom is -0.444 e. The van der Waals surface area contributed by atoms with Gasteiger partial charge in [-0.25, -0.2) is 13.2 Å². The van der Waals surface area contributed by atoms with Crippen LogP contribution in [0.1, 0.15) is 34.1 Å². The first-order valence-corrected chi connectivity index (χ1v) is 11.5. The third-order valence-electron chi connectivity index (χ3n) is 4.86. The van der Waals surface area contributed by atoms with Crippen molar-refractivity contribution in [1.29, 1.82) is 0 Å². The Morgan fingerprint density at radius 1 is 1.27 bits per heavy atom. The Hall–Kier alpha value is -2.10. The molecule has 1 aromatic heterocycles. The normalized spacial score (nSPS) is 19.0. The summed E-state index contributed by atoms with van der Waals surface area (Å²) in [5, 5.41) is 0.562. The number of sulfonamides is 1. The highest BCUT2D eigenvalue weighted by Crippen LogP contribution is 2.31. The molecule has 2 aromatic rings. The summed E-state index contributed by atoms with van der Waals surface area (Å²) < 4.78 is 33.9. The Morgan fingerprint density at radius 3 is 2.63 bits per heavy atom. The molecule has 30 heavy (non-hydrogen) atoms. The number of nitrogens with one attached hydrogen (secondary N) is 1. The number of ether oxygens (including phenoxy) is 1. The topological polar surface area (TPSA) is 99.8 Å². The number of hydrogen-bond donors (Lipinski definition) is 1. The van der Waals surface area contributed by atoms with Crippen molar-refractivity contribution in [2.24, 2.45) is 0 Å². The van der Waals surface area contributed by atoms with Crippen molar-refractivity contribution in [3.05, 3.63) is 39.8 Å². The Labute approximate surface area is 180 Å². The van der Waals surface area contributed by atoms with Crippen molar-refractivity contribution in [3.8, 4) is 0 Å². The molecule has 8 nitrogen and oxygen atoms in total. The molecule has 0 aliphatic carbocycles. The van der Waals surface area contributed by atoms with Gasteiger partial charge in [0.1, 0.15) is 5.60 Å². The van der Waals surface area contributed by atoms with Gasteiger partial charge >= 0.3 is 6.09 Å². The number of aromatic amines is 1. The van der Waals surface area contributed by atoms with Crippen LogP contribution in [0.25, 0.3) is 10.8 Å². The van der Waals surface area contributed by atoms with E-state index >= 15 is 0 Å². The number of carbonyl (C=O) groups excluding carboxylic acids is 1. The maximum Gasteiger partial charge on any atom is 0.410 e. The van der Waals surface area contributed by atoms with Crippen LogP contribution in [0.3, 0.4) is 0 Å². The van der Waals surface area contributed by atoms with Gasteiger partial charge in [-0.3, -0.25) is 4.79 Å². The Balaban J connectivity index is 1.96. The molecule has 3 rings (SSSR count). The predicted molar refractivity (Wildman–Crippen MR) is 115 cm³/mol. The molecular formula is C20H26ClN3O5S. The predicted octanol–water partition coefficient (Wildman–Crippen LogP) is 3.20. The lowest BCUT2D eigenvalue weighted by Gasteiger charge is -2.30. The van der Waals surface area contributed by atoms with Gasteiger partial charge in [-0.2, -0.15) is 4.31 Å². The number of H-pyrrole nitrogens is 1. The number of pyridine rings is 1. The van der Waals surface area contributed by atoms with Crippen LogP contribution >= 0.6 is 11.6 Å². The van der Waals surface area contributed by atoms with E-state index in [4.69, 9.17) is 16.3 Å². The fourth-order valence-corrected chi connectivity index (χ4v) is 5.78. The highest BCUT2D eigenvalue weighted by molar-refractivity contribution is 7.89. The molecule has 1 unspecified atom stereocenters. The van der Waals surface area contributed by atoms with E-state index in [2.05, 4.69) is 4.98 Å². The molecule has 2 heterocycles. The lowest BCUT2D eigenvalue weighted by Crippen LogP contribution is -2.45. The number of amides is 1. The fraction of sp³-hybridized carbons (Fsp3) is 0.500. The first-order valence-electron chi connectivity index (χ1n) is 9.71. The van der Waals surface area contributed by atoms with E-state index in [9.17, 15) is 18.0 Å². The number of rotatable bonds is 2. The van der Waals surface area contributed by atoms with Crippen LogP contribution < -0.4 is 5.56 Å². The molecule has 1 fully saturated rings. The summed E-state index contributed by atoms with van der Waals surface area (Å²) in [7, 11) is -3.97. The SMILES string of the molecule is CC1CN(C(=O)OC(C)(C)C)CCCN1S(=O)(=O)c1cccc2c(=O)[nH]cc(Cl)c12. The van der Waals surface area contributed by atoms with Crippen LogP contribution in [0.15, 0.2) is 34.1 Å². The average Bonchev–Trinajstić information content (AvgIpc) is 2.85. The third kappa shape index (κ3) is 4.48. The van der Waals surface area contributed by atoms with E-state index in [1.54, 1.807) is 27.7 Å². The molecule has 1 amide bonds. The molecule has 1 aliphatic rings. The second kappa shape index (κ2) is 8.20. The first kappa shape index (κ1) is 22.6. The number of halogens is 1. The molecule has 0 spiro atoms. The Morgan fingerprint density at radius 2 is 1.97 bits per heavy atom. The summed E-state index contributed by atoms with van der Waals surface area (Å²) in [5.41, 5.74) is -1.04. The van der Waals surface area contributed by atoms with Gasteiger partial charge in [0.25, 0.3) is 5.56 Å². The number of nitrogens with zero attached hydrogens (tertiary/aromatic N) is 2. The largest absolute Gasteiger partial charge is 0.444 e. The smallest absolute Gasteiger partial charge is 0.410 e. The van der Waals surface area contributed by atoms with Crippen LogP contribution in [0, 0.1) is 0 Å². The van der Waals surface area contributed by atoms with Crippen molar-refractivity contribution in [2.75, 3.05) is 19.6 Å². The van der Waals surface area contributed by atoms with E-state index in [0.717, 1.165) is 0 Å². The van der Waals surface area contributed by atoms with Crippen LogP contribution in [-0.2, 0) is 14.8 Å². The number of fused-ring (bicyclic) bond motifs is 1. The highest BCUT2D eigenvalue weighted by Gasteiger charge is 2.35. The lowest BCUT2D eigenvalue weighted by atomic mass is 10.2. The van der Waals surface area contributed by atoms with Crippen LogP contribution in [0.5, 0.6) is 0 Å². The highest BCUT2D eigenvalue weighted by atomic mass is 35.5. The number of aromatic nitrogens is 1. The number of hydrogen-bond acceptors (Lipinski definition) is 5. The minimum atomic E-state index is -3.97. The van der Waals surface area contributed by atoms with Crippen molar-refractivity contribution in [1.82, 2.24) is 14.2 Å². The molecule has 1 saturated heterocycles. The van der Waals surface area contributed by atoms with Gasteiger partial charge in [-0.1, -0.05) is 17.7 Å². The maximum absolute atomic E-state index is 13.6. The van der Waals surface area contributed by atoms with E-state index < -0.39 is 33.3 Å². The first-order chi connectivity index (χ1) is 13.9. The van der Waals surface area contributed by atoms with Gasteiger partial charge in [0, 0.05) is 42.6 Å². The van der Waals surface area contributed by atoms with Gasteiger partial charge in [0.2, 0.25) is 10.0 Å². The quantitative estimate of drug-likeness (QED) is 0.749. The van der Waals surface area contributed by atoms with Gasteiger partial charge in [-0.15, -0.1) is 0 Å². The van der Waals surface area contributed by atoms with Crippen molar-refractivity contribution in [2.45, 2.75) is 50.7 Å². The summed E-state index contributed by atoms with van der Waals surface area (Å²) in [4.78, 5) is 28.6. The molecule has 1 aliphatic heterocycles. The number of benzene rings is 1. The molecular weight excluding hydrogens is 430 g/mol. The van der Waals surface area contributed by atoms with Crippen LogP contribution in [-0.4, -0.2) is 60.0 Å². The summed E-state index contributed by atoms with van der Waals surface area (Å²) in [5.74, 6) is 0. The minimum absolute atomic E-state index is 0.0198. The molecule has 164 valence electrons. The van der Waals surface area contributed by atoms with Crippen LogP contribution in [0.4, 0.5) is 4.79 Å². The molecule has 1 atom stereocenters. The second-order valence-electron chi connectivity index (χ2n) is 8.39. The molecule has 1 N–H and O–H groups in total. The molecule has 0 saturated carbocycles. The summed E-state index contributed by atoms with van der Waals surface area (Å²) in [6.07, 6.45) is 1.29. The van der Waals surface area contributed by atoms with Gasteiger partial charge in [0.15, 0.2) is 0 Å². The second-order valence-corrected chi connectivity index (χ2v) is 10.7. The average molecular weight is 456 g/mol. The van der Waals surface area contributed by atoms with E-state index in [1.165, 1.54) is 33.6 Å². The fourth-order valence-electron chi connectivity index (χ4n) is 3.58. The van der Waals surface area contributed by atoms with Gasteiger partial charge < -0.3 is 14.6 Å². The summed E-state index contributed by atoms with van der Waals surface area (Å²) >= 11 is 6.25. The summed E-state index contributed by atoms with van der Waals surface area (Å²) in [6, 6.07) is 4.03. The van der Waals surface area contributed by atoms with Crippen molar-refractivity contribution < 1.29 is 17.9 Å². The Bertz CT molecular complexity index is 1120. The molecule has 0 radical (unpaired) electrons. The standard InChI is InChI=1S/C20H26ClN3O5S/c1-13-12-23(19(26)29-20(2,3)4)9-6-10-24(13)30(27,28)16-8-5-7-14-17(16)15(21)11-22-18(14)25/h5,7-8,11,13H,6,9-10,12H2,1-4H3,(H,22,25). The zero-order valence-corrected chi connectivity index (χ0v) is 19.0. The van der Waals surface area contributed by atoms with Crippen LogP contribution in [0.2, 0.25) is 5.02 Å². The molecule has 0 bridgehead atoms. The Kier molecular flexibility index (Phi) is 6.18. The number of carbonyl (C=O) groups is 1. The van der Waals surface area contributed by atoms with Gasteiger partial charge in [0.05, 0.1) is 9.92 Å². The van der Waals surface area contributed by atoms with E-state index in [-0.39, 0.29) is 33.8 Å². The molecule has 1 aromatic carbocycles. The lowest BCUT2D eigenvalue weighted by molar-refractivity contribution is 0.0244. The van der Waals surface area contributed by atoms with Gasteiger partial charge in [-0.05, 0) is 46.2 Å². The van der Waals surface area contributed by atoms with Crippen molar-refractivity contribution in [3.63, 3.8) is 0 Å². The van der Waals surface area contributed by atoms with Crippen molar-refractivity contribution >= 4 is 38.5 Å². The third-order valence-corrected chi connectivity index (χ3v) is 7.21. The molecule has 10 heteroatoms. The zero-order chi connectivity index (χ0) is 22.3. The summed E-state index contributed by atoms with van der Waals surface area (Å²) in [6.45, 7) is 7.94.